The minimum atomic E-state index is -0.910. The van der Waals surface area contributed by atoms with Crippen LogP contribution in [0.1, 0.15) is 12.2 Å². The van der Waals surface area contributed by atoms with Gasteiger partial charge in [0.15, 0.2) is 0 Å². The zero-order valence-electron chi connectivity index (χ0n) is 10.4. The van der Waals surface area contributed by atoms with Crippen LogP contribution >= 0.6 is 0 Å². The van der Waals surface area contributed by atoms with Gasteiger partial charge in [-0.1, -0.05) is 18.2 Å². The Morgan fingerprint density at radius 3 is 2.84 bits per heavy atom. The van der Waals surface area contributed by atoms with Crippen molar-refractivity contribution in [2.75, 3.05) is 0 Å². The first kappa shape index (κ1) is 13.0. The number of nitrogens with zero attached hydrogens (tertiary/aromatic N) is 2. The summed E-state index contributed by atoms with van der Waals surface area (Å²) in [5.74, 6) is -0.432. The molecule has 1 N–H and O–H groups in total. The smallest absolute Gasteiger partial charge is 0.303 e. The van der Waals surface area contributed by atoms with Crippen LogP contribution in [0.4, 0.5) is 0 Å². The number of carboxylic acid groups (broad SMARTS) is 1. The third kappa shape index (κ3) is 2.70. The highest BCUT2D eigenvalue weighted by Gasteiger charge is 2.10. The topological polar surface area (TPSA) is 72.2 Å². The standard InChI is InChI=1S/C14H14N2O3/c1-2-9-16-12(7-8-13(17)18)15-11-6-4-3-5-10(11)14(16)19/h2-6H,1,7-9H2,(H,17,18). The van der Waals surface area contributed by atoms with Crippen molar-refractivity contribution in [3.8, 4) is 0 Å². The van der Waals surface area contributed by atoms with Gasteiger partial charge in [-0.3, -0.25) is 14.2 Å². The summed E-state index contributed by atoms with van der Waals surface area (Å²) in [5, 5.41) is 9.27. The van der Waals surface area contributed by atoms with E-state index in [-0.39, 0.29) is 18.4 Å². The third-order valence-electron chi connectivity index (χ3n) is 2.81. The van der Waals surface area contributed by atoms with Gasteiger partial charge in [0.25, 0.3) is 5.56 Å². The predicted molar refractivity (Wildman–Crippen MR) is 72.2 cm³/mol. The summed E-state index contributed by atoms with van der Waals surface area (Å²) >= 11 is 0. The molecule has 0 aliphatic rings. The second-order valence-electron chi connectivity index (χ2n) is 4.14. The molecule has 0 bridgehead atoms. The summed E-state index contributed by atoms with van der Waals surface area (Å²) < 4.78 is 1.47. The van der Waals surface area contributed by atoms with E-state index in [4.69, 9.17) is 5.11 Å². The van der Waals surface area contributed by atoms with E-state index in [0.29, 0.717) is 23.3 Å². The molecule has 5 nitrogen and oxygen atoms in total. The first-order valence-corrected chi connectivity index (χ1v) is 5.94. The van der Waals surface area contributed by atoms with E-state index >= 15 is 0 Å². The second-order valence-corrected chi connectivity index (χ2v) is 4.14. The number of hydrogen-bond donors (Lipinski definition) is 1. The largest absolute Gasteiger partial charge is 0.481 e. The van der Waals surface area contributed by atoms with E-state index in [9.17, 15) is 9.59 Å². The number of aryl methyl sites for hydroxylation is 1. The lowest BCUT2D eigenvalue weighted by Gasteiger charge is -2.10. The van der Waals surface area contributed by atoms with E-state index in [0.717, 1.165) is 0 Å². The number of aliphatic carboxylic acids is 1. The Labute approximate surface area is 109 Å². The number of aromatic nitrogens is 2. The van der Waals surface area contributed by atoms with Crippen molar-refractivity contribution in [1.29, 1.82) is 0 Å². The molecule has 1 heterocycles. The van der Waals surface area contributed by atoms with Crippen LogP contribution < -0.4 is 5.56 Å². The second kappa shape index (κ2) is 5.48. The lowest BCUT2D eigenvalue weighted by molar-refractivity contribution is -0.137. The molecule has 0 unspecified atom stereocenters. The van der Waals surface area contributed by atoms with Crippen molar-refractivity contribution in [2.24, 2.45) is 0 Å². The summed E-state index contributed by atoms with van der Waals surface area (Å²) in [6.07, 6.45) is 1.77. The Bertz CT molecular complexity index is 689. The van der Waals surface area contributed by atoms with Crippen molar-refractivity contribution < 1.29 is 9.90 Å². The number of allylic oxidation sites excluding steroid dienone is 1. The molecule has 2 aromatic rings. The highest BCUT2D eigenvalue weighted by molar-refractivity contribution is 5.77. The van der Waals surface area contributed by atoms with Crippen molar-refractivity contribution in [3.05, 3.63) is 53.1 Å². The molecule has 0 aliphatic heterocycles. The van der Waals surface area contributed by atoms with Gasteiger partial charge in [0.1, 0.15) is 5.82 Å². The minimum Gasteiger partial charge on any atom is -0.481 e. The van der Waals surface area contributed by atoms with Crippen LogP contribution in [0.3, 0.4) is 0 Å². The molecule has 0 spiro atoms. The summed E-state index contributed by atoms with van der Waals surface area (Å²) in [6, 6.07) is 7.04. The number of benzene rings is 1. The van der Waals surface area contributed by atoms with Gasteiger partial charge in [-0.25, -0.2) is 4.98 Å². The van der Waals surface area contributed by atoms with Crippen molar-refractivity contribution in [1.82, 2.24) is 9.55 Å². The van der Waals surface area contributed by atoms with Crippen LogP contribution in [0, 0.1) is 0 Å². The molecule has 2 rings (SSSR count). The fourth-order valence-corrected chi connectivity index (χ4v) is 1.94. The third-order valence-corrected chi connectivity index (χ3v) is 2.81. The Balaban J connectivity index is 2.59. The molecular formula is C14H14N2O3. The van der Waals surface area contributed by atoms with E-state index in [2.05, 4.69) is 11.6 Å². The molecule has 0 saturated carbocycles. The van der Waals surface area contributed by atoms with Gasteiger partial charge in [0.2, 0.25) is 0 Å². The molecule has 19 heavy (non-hydrogen) atoms. The Morgan fingerprint density at radius 2 is 2.16 bits per heavy atom. The molecule has 1 aromatic carbocycles. The fourth-order valence-electron chi connectivity index (χ4n) is 1.94. The van der Waals surface area contributed by atoms with E-state index in [1.165, 1.54) is 4.57 Å². The molecular weight excluding hydrogens is 244 g/mol. The summed E-state index contributed by atoms with van der Waals surface area (Å²) in [6.45, 7) is 3.93. The molecule has 0 saturated heterocycles. The quantitative estimate of drug-likeness (QED) is 0.827. The Hall–Kier alpha value is -2.43. The molecule has 0 radical (unpaired) electrons. The fraction of sp³-hybridized carbons (Fsp3) is 0.214. The van der Waals surface area contributed by atoms with Crippen LogP contribution in [0.15, 0.2) is 41.7 Å². The van der Waals surface area contributed by atoms with Gasteiger partial charge in [-0.2, -0.15) is 0 Å². The highest BCUT2D eigenvalue weighted by atomic mass is 16.4. The summed E-state index contributed by atoms with van der Waals surface area (Å²) in [4.78, 5) is 27.3. The number of fused-ring (bicyclic) bond motifs is 1. The molecule has 0 atom stereocenters. The lowest BCUT2D eigenvalue weighted by Crippen LogP contribution is -2.25. The molecule has 1 aromatic heterocycles. The van der Waals surface area contributed by atoms with Gasteiger partial charge >= 0.3 is 5.97 Å². The minimum absolute atomic E-state index is 0.0536. The number of hydrogen-bond acceptors (Lipinski definition) is 3. The summed E-state index contributed by atoms with van der Waals surface area (Å²) in [5.41, 5.74) is 0.430. The first-order chi connectivity index (χ1) is 9.13. The van der Waals surface area contributed by atoms with Gasteiger partial charge in [0.05, 0.1) is 17.3 Å². The SMILES string of the molecule is C=CCn1c(CCC(=O)O)nc2ccccc2c1=O. The maximum Gasteiger partial charge on any atom is 0.303 e. The molecule has 0 fully saturated rings. The van der Waals surface area contributed by atoms with Gasteiger partial charge in [-0.05, 0) is 12.1 Å². The zero-order chi connectivity index (χ0) is 13.8. The zero-order valence-corrected chi connectivity index (χ0v) is 10.4. The van der Waals surface area contributed by atoms with E-state index in [1.807, 2.05) is 0 Å². The maximum atomic E-state index is 12.3. The summed E-state index contributed by atoms with van der Waals surface area (Å²) in [7, 11) is 0. The maximum absolute atomic E-state index is 12.3. The van der Waals surface area contributed by atoms with Crippen LogP contribution in [-0.4, -0.2) is 20.6 Å². The van der Waals surface area contributed by atoms with Gasteiger partial charge < -0.3 is 5.11 Å². The molecule has 0 aliphatic carbocycles. The monoisotopic (exact) mass is 258 g/mol. The normalized spacial score (nSPS) is 10.5. The highest BCUT2D eigenvalue weighted by Crippen LogP contribution is 2.09. The van der Waals surface area contributed by atoms with Crippen LogP contribution in [-0.2, 0) is 17.8 Å². The number of carboxylic acids is 1. The molecule has 0 amide bonds. The van der Waals surface area contributed by atoms with E-state index in [1.54, 1.807) is 30.3 Å². The van der Waals surface area contributed by atoms with Crippen LogP contribution in [0.5, 0.6) is 0 Å². The molecule has 5 heteroatoms. The Kier molecular flexibility index (Phi) is 3.75. The van der Waals surface area contributed by atoms with Crippen LogP contribution in [0.25, 0.3) is 10.9 Å². The van der Waals surface area contributed by atoms with E-state index < -0.39 is 5.97 Å². The van der Waals surface area contributed by atoms with Crippen molar-refractivity contribution in [3.63, 3.8) is 0 Å². The van der Waals surface area contributed by atoms with Crippen molar-refractivity contribution >= 4 is 16.9 Å². The Morgan fingerprint density at radius 1 is 1.42 bits per heavy atom. The number of carbonyl (C=O) groups is 1. The van der Waals surface area contributed by atoms with Crippen molar-refractivity contribution in [2.45, 2.75) is 19.4 Å². The average Bonchev–Trinajstić information content (AvgIpc) is 2.40. The lowest BCUT2D eigenvalue weighted by atomic mass is 10.2. The van der Waals surface area contributed by atoms with Gasteiger partial charge in [0, 0.05) is 13.0 Å². The molecule has 98 valence electrons. The number of para-hydroxylation sites is 1. The number of rotatable bonds is 5. The average molecular weight is 258 g/mol. The predicted octanol–water partition coefficient (Wildman–Crippen LogP) is 1.60. The van der Waals surface area contributed by atoms with Gasteiger partial charge in [-0.15, -0.1) is 6.58 Å². The van der Waals surface area contributed by atoms with Crippen LogP contribution in [0.2, 0.25) is 0 Å². The first-order valence-electron chi connectivity index (χ1n) is 5.94.